The molecule has 1 amide bonds. The standard InChI is InChI=1S/C19H21N3O2S/c1-13-8-10-17(25-13)16(23)9-11-19(24)20-12-4-7-18-21-14-5-2-3-6-15(14)22-18/h2-3,5-6,8,10H,4,7,9,11-12H2,1H3,(H,20,24)(H,21,22). The summed E-state index contributed by atoms with van der Waals surface area (Å²) < 4.78 is 0. The number of Topliss-reactive ketones (excluding diaryl/α,β-unsaturated/α-hetero) is 1. The zero-order valence-electron chi connectivity index (χ0n) is 14.2. The summed E-state index contributed by atoms with van der Waals surface area (Å²) in [4.78, 5) is 33.5. The number of fused-ring (bicyclic) bond motifs is 1. The number of rotatable bonds is 8. The molecule has 0 bridgehead atoms. The third-order valence-electron chi connectivity index (χ3n) is 3.95. The molecule has 0 radical (unpaired) electrons. The van der Waals surface area contributed by atoms with Crippen LogP contribution >= 0.6 is 11.3 Å². The van der Waals surface area contributed by atoms with Crippen molar-refractivity contribution in [1.82, 2.24) is 15.3 Å². The number of aryl methyl sites for hydroxylation is 2. The topological polar surface area (TPSA) is 74.8 Å². The first-order chi connectivity index (χ1) is 12.1. The van der Waals surface area contributed by atoms with Gasteiger partial charge in [-0.25, -0.2) is 4.98 Å². The quantitative estimate of drug-likeness (QED) is 0.478. The zero-order valence-corrected chi connectivity index (χ0v) is 15.0. The average Bonchev–Trinajstić information content (AvgIpc) is 3.22. The van der Waals surface area contributed by atoms with Gasteiger partial charge in [0, 0.05) is 30.7 Å². The summed E-state index contributed by atoms with van der Waals surface area (Å²) >= 11 is 1.48. The number of H-pyrrole nitrogens is 1. The highest BCUT2D eigenvalue weighted by atomic mass is 32.1. The van der Waals surface area contributed by atoms with Crippen molar-refractivity contribution in [3.05, 3.63) is 52.0 Å². The SMILES string of the molecule is Cc1ccc(C(=O)CCC(=O)NCCCc2nc3ccccc3[nH]2)s1. The summed E-state index contributed by atoms with van der Waals surface area (Å²) in [6.07, 6.45) is 2.09. The first-order valence-corrected chi connectivity index (χ1v) is 9.23. The van der Waals surface area contributed by atoms with Gasteiger partial charge in [0.15, 0.2) is 5.78 Å². The molecular formula is C19H21N3O2S. The van der Waals surface area contributed by atoms with Crippen LogP contribution in [0.4, 0.5) is 0 Å². The van der Waals surface area contributed by atoms with Gasteiger partial charge >= 0.3 is 0 Å². The van der Waals surface area contributed by atoms with E-state index in [1.807, 2.05) is 43.3 Å². The van der Waals surface area contributed by atoms with Gasteiger partial charge in [-0.2, -0.15) is 0 Å². The van der Waals surface area contributed by atoms with Crippen molar-refractivity contribution in [2.24, 2.45) is 0 Å². The number of para-hydroxylation sites is 2. The molecule has 0 saturated heterocycles. The van der Waals surface area contributed by atoms with E-state index >= 15 is 0 Å². The van der Waals surface area contributed by atoms with E-state index in [0.717, 1.165) is 39.5 Å². The summed E-state index contributed by atoms with van der Waals surface area (Å²) in [5, 5.41) is 2.87. The van der Waals surface area contributed by atoms with Crippen LogP contribution in [0.2, 0.25) is 0 Å². The minimum absolute atomic E-state index is 0.0375. The number of imidazole rings is 1. The number of carbonyl (C=O) groups is 2. The summed E-state index contributed by atoms with van der Waals surface area (Å²) in [7, 11) is 0. The van der Waals surface area contributed by atoms with Crippen LogP contribution in [0.25, 0.3) is 11.0 Å². The molecule has 0 atom stereocenters. The van der Waals surface area contributed by atoms with E-state index in [9.17, 15) is 9.59 Å². The molecule has 0 fully saturated rings. The maximum atomic E-state index is 12.0. The molecule has 0 aliphatic heterocycles. The molecule has 3 rings (SSSR count). The maximum Gasteiger partial charge on any atom is 0.220 e. The minimum atomic E-state index is -0.0776. The zero-order chi connectivity index (χ0) is 17.6. The van der Waals surface area contributed by atoms with Crippen molar-refractivity contribution in [3.8, 4) is 0 Å². The van der Waals surface area contributed by atoms with Gasteiger partial charge < -0.3 is 10.3 Å². The number of aromatic nitrogens is 2. The fourth-order valence-electron chi connectivity index (χ4n) is 2.63. The monoisotopic (exact) mass is 355 g/mol. The Morgan fingerprint density at radius 1 is 1.16 bits per heavy atom. The predicted octanol–water partition coefficient (Wildman–Crippen LogP) is 3.64. The lowest BCUT2D eigenvalue weighted by Gasteiger charge is -2.04. The number of hydrogen-bond donors (Lipinski definition) is 2. The molecule has 0 saturated carbocycles. The fourth-order valence-corrected chi connectivity index (χ4v) is 3.47. The van der Waals surface area contributed by atoms with E-state index in [1.54, 1.807) is 0 Å². The molecular weight excluding hydrogens is 334 g/mol. The number of amides is 1. The Balaban J connectivity index is 1.35. The van der Waals surface area contributed by atoms with Crippen molar-refractivity contribution in [2.75, 3.05) is 6.54 Å². The second-order valence-electron chi connectivity index (χ2n) is 5.99. The molecule has 25 heavy (non-hydrogen) atoms. The molecule has 0 aliphatic carbocycles. The molecule has 0 aliphatic rings. The summed E-state index contributed by atoms with van der Waals surface area (Å²) in [6, 6.07) is 11.7. The number of thiophene rings is 1. The molecule has 130 valence electrons. The van der Waals surface area contributed by atoms with E-state index in [2.05, 4.69) is 15.3 Å². The van der Waals surface area contributed by atoms with Crippen LogP contribution in [-0.2, 0) is 11.2 Å². The summed E-state index contributed by atoms with van der Waals surface area (Å²) in [5.74, 6) is 0.889. The predicted molar refractivity (Wildman–Crippen MR) is 100 cm³/mol. The second-order valence-corrected chi connectivity index (χ2v) is 7.28. The maximum absolute atomic E-state index is 12.0. The van der Waals surface area contributed by atoms with Crippen molar-refractivity contribution in [1.29, 1.82) is 0 Å². The van der Waals surface area contributed by atoms with Crippen LogP contribution in [0.3, 0.4) is 0 Å². The first kappa shape index (κ1) is 17.4. The van der Waals surface area contributed by atoms with E-state index in [-0.39, 0.29) is 24.5 Å². The number of aromatic amines is 1. The van der Waals surface area contributed by atoms with Crippen LogP contribution in [0.1, 0.15) is 39.6 Å². The first-order valence-electron chi connectivity index (χ1n) is 8.42. The van der Waals surface area contributed by atoms with Gasteiger partial charge in [-0.3, -0.25) is 9.59 Å². The van der Waals surface area contributed by atoms with Crippen LogP contribution in [0.5, 0.6) is 0 Å². The number of ketones is 1. The highest BCUT2D eigenvalue weighted by Gasteiger charge is 2.11. The Hall–Kier alpha value is -2.47. The highest BCUT2D eigenvalue weighted by molar-refractivity contribution is 7.14. The lowest BCUT2D eigenvalue weighted by atomic mass is 10.2. The van der Waals surface area contributed by atoms with Gasteiger partial charge in [-0.05, 0) is 37.6 Å². The van der Waals surface area contributed by atoms with E-state index in [4.69, 9.17) is 0 Å². The second kappa shape index (κ2) is 8.07. The smallest absolute Gasteiger partial charge is 0.220 e. The molecule has 0 unspecified atom stereocenters. The Morgan fingerprint density at radius 2 is 2.00 bits per heavy atom. The number of nitrogens with zero attached hydrogens (tertiary/aromatic N) is 1. The van der Waals surface area contributed by atoms with E-state index < -0.39 is 0 Å². The van der Waals surface area contributed by atoms with Gasteiger partial charge in [0.05, 0.1) is 15.9 Å². The molecule has 2 N–H and O–H groups in total. The van der Waals surface area contributed by atoms with Gasteiger partial charge in [0.1, 0.15) is 5.82 Å². The number of benzene rings is 1. The highest BCUT2D eigenvalue weighted by Crippen LogP contribution is 2.17. The normalized spacial score (nSPS) is 10.9. The minimum Gasteiger partial charge on any atom is -0.356 e. The van der Waals surface area contributed by atoms with Gasteiger partial charge in [-0.1, -0.05) is 12.1 Å². The van der Waals surface area contributed by atoms with Gasteiger partial charge in [-0.15, -0.1) is 11.3 Å². The number of hydrogen-bond acceptors (Lipinski definition) is 4. The fraction of sp³-hybridized carbons (Fsp3) is 0.316. The lowest BCUT2D eigenvalue weighted by molar-refractivity contribution is -0.121. The van der Waals surface area contributed by atoms with Crippen LogP contribution in [0.15, 0.2) is 36.4 Å². The Kier molecular flexibility index (Phi) is 5.60. The van der Waals surface area contributed by atoms with E-state index in [1.165, 1.54) is 11.3 Å². The van der Waals surface area contributed by atoms with Crippen molar-refractivity contribution in [2.45, 2.75) is 32.6 Å². The molecule has 6 heteroatoms. The average molecular weight is 355 g/mol. The van der Waals surface area contributed by atoms with Crippen LogP contribution in [-0.4, -0.2) is 28.2 Å². The largest absolute Gasteiger partial charge is 0.356 e. The number of nitrogens with one attached hydrogen (secondary N) is 2. The summed E-state index contributed by atoms with van der Waals surface area (Å²) in [5.41, 5.74) is 1.99. The van der Waals surface area contributed by atoms with Gasteiger partial charge in [0.25, 0.3) is 0 Å². The Bertz CT molecular complexity index is 849. The third kappa shape index (κ3) is 4.76. The van der Waals surface area contributed by atoms with Crippen molar-refractivity contribution >= 4 is 34.1 Å². The molecule has 3 aromatic rings. The number of carbonyl (C=O) groups excluding carboxylic acids is 2. The Morgan fingerprint density at radius 3 is 2.76 bits per heavy atom. The third-order valence-corrected chi connectivity index (χ3v) is 4.99. The molecule has 5 nitrogen and oxygen atoms in total. The van der Waals surface area contributed by atoms with Crippen molar-refractivity contribution in [3.63, 3.8) is 0 Å². The molecule has 1 aromatic carbocycles. The molecule has 2 aromatic heterocycles. The van der Waals surface area contributed by atoms with Gasteiger partial charge in [0.2, 0.25) is 5.91 Å². The molecule has 2 heterocycles. The molecule has 0 spiro atoms. The van der Waals surface area contributed by atoms with Crippen molar-refractivity contribution < 1.29 is 9.59 Å². The lowest BCUT2D eigenvalue weighted by Crippen LogP contribution is -2.25. The Labute approximate surface area is 150 Å². The van der Waals surface area contributed by atoms with Crippen LogP contribution < -0.4 is 5.32 Å². The summed E-state index contributed by atoms with van der Waals surface area (Å²) in [6.45, 7) is 2.55. The van der Waals surface area contributed by atoms with E-state index in [0.29, 0.717) is 6.54 Å². The van der Waals surface area contributed by atoms with Crippen LogP contribution in [0, 0.1) is 6.92 Å².